The van der Waals surface area contributed by atoms with E-state index in [-0.39, 0.29) is 17.0 Å². The molecule has 0 aliphatic rings. The zero-order chi connectivity index (χ0) is 22.4. The van der Waals surface area contributed by atoms with Gasteiger partial charge in [-0.15, -0.1) is 0 Å². The molecule has 0 saturated heterocycles. The molecule has 5 rings (SSSR count). The van der Waals surface area contributed by atoms with Crippen molar-refractivity contribution in [1.82, 2.24) is 19.5 Å². The summed E-state index contributed by atoms with van der Waals surface area (Å²) in [5.41, 5.74) is 1.66. The highest BCUT2D eigenvalue weighted by molar-refractivity contribution is 6.32. The van der Waals surface area contributed by atoms with Crippen LogP contribution in [0, 0.1) is 20.2 Å². The number of fused-ring (bicyclic) bond motifs is 2. The highest BCUT2D eigenvalue weighted by Gasteiger charge is 2.24. The number of rotatable bonds is 4. The molecule has 0 aliphatic carbocycles. The molecule has 2 aromatic heterocycles. The lowest BCUT2D eigenvalue weighted by Crippen LogP contribution is -2.01. The van der Waals surface area contributed by atoms with Crippen LogP contribution >= 0.6 is 11.6 Å². The van der Waals surface area contributed by atoms with Gasteiger partial charge in [0.1, 0.15) is 5.82 Å². The SMILES string of the molecule is O=[N+]([O-])c1cc(-c2nc3nc4ccccc4nc3n2-c2ccccc2Cl)cc([N+](=O)[O-])c1. The first-order valence-electron chi connectivity index (χ1n) is 9.27. The summed E-state index contributed by atoms with van der Waals surface area (Å²) >= 11 is 6.44. The van der Waals surface area contributed by atoms with E-state index in [0.29, 0.717) is 27.4 Å². The highest BCUT2D eigenvalue weighted by atomic mass is 35.5. The van der Waals surface area contributed by atoms with E-state index >= 15 is 0 Å². The summed E-state index contributed by atoms with van der Waals surface area (Å²) in [6.07, 6.45) is 0. The number of nitrogens with zero attached hydrogens (tertiary/aromatic N) is 6. The van der Waals surface area contributed by atoms with Crippen LogP contribution < -0.4 is 0 Å². The van der Waals surface area contributed by atoms with Crippen LogP contribution in [-0.2, 0) is 0 Å². The molecule has 0 N–H and O–H groups in total. The molecule has 0 unspecified atom stereocenters. The van der Waals surface area contributed by atoms with E-state index in [0.717, 1.165) is 6.07 Å². The molecule has 0 amide bonds. The van der Waals surface area contributed by atoms with Gasteiger partial charge in [0.25, 0.3) is 11.4 Å². The van der Waals surface area contributed by atoms with Crippen molar-refractivity contribution in [3.05, 3.63) is 92.0 Å². The number of nitro groups is 2. The number of halogens is 1. The maximum Gasteiger partial charge on any atom is 0.277 e. The molecule has 0 spiro atoms. The monoisotopic (exact) mass is 446 g/mol. The van der Waals surface area contributed by atoms with Gasteiger partial charge in [-0.3, -0.25) is 24.8 Å². The number of imidazole rings is 1. The van der Waals surface area contributed by atoms with Crippen molar-refractivity contribution < 1.29 is 9.85 Å². The van der Waals surface area contributed by atoms with E-state index in [1.54, 1.807) is 41.0 Å². The second-order valence-corrected chi connectivity index (χ2v) is 7.24. The maximum atomic E-state index is 11.4. The van der Waals surface area contributed by atoms with Crippen molar-refractivity contribution in [2.24, 2.45) is 0 Å². The first kappa shape index (κ1) is 19.5. The predicted octanol–water partition coefficient (Wildman–Crippen LogP) is 5.11. The van der Waals surface area contributed by atoms with Crippen molar-refractivity contribution in [2.45, 2.75) is 0 Å². The van der Waals surface area contributed by atoms with Gasteiger partial charge in [0.15, 0.2) is 11.3 Å². The lowest BCUT2D eigenvalue weighted by molar-refractivity contribution is -0.394. The third-order valence-electron chi connectivity index (χ3n) is 4.85. The van der Waals surface area contributed by atoms with E-state index in [1.807, 2.05) is 12.1 Å². The van der Waals surface area contributed by atoms with Crippen LogP contribution in [0.1, 0.15) is 0 Å². The molecule has 0 saturated carbocycles. The minimum atomic E-state index is -0.691. The van der Waals surface area contributed by atoms with E-state index < -0.39 is 21.2 Å². The number of para-hydroxylation sites is 3. The van der Waals surface area contributed by atoms with Gasteiger partial charge in [0.05, 0.1) is 37.7 Å². The maximum absolute atomic E-state index is 11.4. The number of aromatic nitrogens is 4. The molecule has 3 aromatic carbocycles. The van der Waals surface area contributed by atoms with Crippen LogP contribution in [0.2, 0.25) is 5.02 Å². The Kier molecular flexibility index (Phi) is 4.49. The molecule has 0 bridgehead atoms. The summed E-state index contributed by atoms with van der Waals surface area (Å²) in [6, 6.07) is 17.5. The first-order chi connectivity index (χ1) is 15.4. The fourth-order valence-corrected chi connectivity index (χ4v) is 3.67. The third kappa shape index (κ3) is 3.19. The van der Waals surface area contributed by atoms with Crippen molar-refractivity contribution >= 4 is 45.3 Å². The second-order valence-electron chi connectivity index (χ2n) is 6.83. The van der Waals surface area contributed by atoms with E-state index in [9.17, 15) is 20.2 Å². The van der Waals surface area contributed by atoms with Gasteiger partial charge in [-0.1, -0.05) is 35.9 Å². The molecule has 156 valence electrons. The Balaban J connectivity index is 1.90. The Morgan fingerprint density at radius 2 is 1.38 bits per heavy atom. The van der Waals surface area contributed by atoms with Crippen LogP contribution in [-0.4, -0.2) is 29.4 Å². The van der Waals surface area contributed by atoms with Gasteiger partial charge < -0.3 is 0 Å². The zero-order valence-electron chi connectivity index (χ0n) is 16.0. The standard InChI is InChI=1S/C21H11ClN6O4/c22-15-5-1-4-8-18(15)26-20(12-9-13(27(29)30)11-14(10-12)28(31)32)25-19-21(26)24-17-7-3-2-6-16(17)23-19/h1-11H. The van der Waals surface area contributed by atoms with Crippen LogP contribution in [0.3, 0.4) is 0 Å². The average molecular weight is 447 g/mol. The Bertz CT molecular complexity index is 1530. The molecule has 11 heteroatoms. The largest absolute Gasteiger partial charge is 0.277 e. The van der Waals surface area contributed by atoms with Gasteiger partial charge >= 0.3 is 0 Å². The van der Waals surface area contributed by atoms with Gasteiger partial charge in [0, 0.05) is 17.7 Å². The summed E-state index contributed by atoms with van der Waals surface area (Å²) < 4.78 is 1.60. The summed E-state index contributed by atoms with van der Waals surface area (Å²) in [5, 5.41) is 23.2. The number of hydrogen-bond donors (Lipinski definition) is 0. The first-order valence-corrected chi connectivity index (χ1v) is 9.64. The number of nitro benzene ring substituents is 2. The quantitative estimate of drug-likeness (QED) is 0.277. The molecule has 0 fully saturated rings. The Morgan fingerprint density at radius 1 is 0.781 bits per heavy atom. The van der Waals surface area contributed by atoms with Gasteiger partial charge in [-0.25, -0.2) is 15.0 Å². The Morgan fingerprint density at radius 3 is 2.00 bits per heavy atom. The molecule has 5 aromatic rings. The fourth-order valence-electron chi connectivity index (χ4n) is 3.45. The van der Waals surface area contributed by atoms with E-state index in [2.05, 4.69) is 15.0 Å². The molecule has 2 heterocycles. The second kappa shape index (κ2) is 7.36. The minimum absolute atomic E-state index is 0.162. The third-order valence-corrected chi connectivity index (χ3v) is 5.17. The van der Waals surface area contributed by atoms with Crippen LogP contribution in [0.15, 0.2) is 66.7 Å². The summed E-state index contributed by atoms with van der Waals surface area (Å²) in [4.78, 5) is 35.2. The Labute approximate surface area is 184 Å². The predicted molar refractivity (Wildman–Crippen MR) is 118 cm³/mol. The van der Waals surface area contributed by atoms with E-state index in [1.165, 1.54) is 12.1 Å². The molecular formula is C21H11ClN6O4. The van der Waals surface area contributed by atoms with Crippen LogP contribution in [0.4, 0.5) is 11.4 Å². The summed E-state index contributed by atoms with van der Waals surface area (Å²) in [5.74, 6) is 0.190. The lowest BCUT2D eigenvalue weighted by atomic mass is 10.1. The molecule has 32 heavy (non-hydrogen) atoms. The fraction of sp³-hybridized carbons (Fsp3) is 0. The van der Waals surface area contributed by atoms with Crippen LogP contribution in [0.25, 0.3) is 39.4 Å². The zero-order valence-corrected chi connectivity index (χ0v) is 16.8. The smallest absolute Gasteiger partial charge is 0.274 e. The van der Waals surface area contributed by atoms with Crippen molar-refractivity contribution in [2.75, 3.05) is 0 Å². The lowest BCUT2D eigenvalue weighted by Gasteiger charge is -2.10. The number of hydrogen-bond acceptors (Lipinski definition) is 7. The molecule has 0 radical (unpaired) electrons. The van der Waals surface area contributed by atoms with Crippen LogP contribution in [0.5, 0.6) is 0 Å². The normalized spacial score (nSPS) is 11.2. The topological polar surface area (TPSA) is 130 Å². The molecule has 0 atom stereocenters. The van der Waals surface area contributed by atoms with Crippen molar-refractivity contribution in [3.8, 4) is 17.1 Å². The molecular weight excluding hydrogens is 436 g/mol. The average Bonchev–Trinajstić information content (AvgIpc) is 3.15. The van der Waals surface area contributed by atoms with Crippen molar-refractivity contribution in [3.63, 3.8) is 0 Å². The van der Waals surface area contributed by atoms with Gasteiger partial charge in [0.2, 0.25) is 0 Å². The number of non-ortho nitro benzene ring substituents is 2. The minimum Gasteiger partial charge on any atom is -0.274 e. The number of benzene rings is 3. The van der Waals surface area contributed by atoms with Crippen molar-refractivity contribution in [1.29, 1.82) is 0 Å². The summed E-state index contributed by atoms with van der Waals surface area (Å²) in [7, 11) is 0. The molecule has 10 nitrogen and oxygen atoms in total. The van der Waals surface area contributed by atoms with Gasteiger partial charge in [-0.2, -0.15) is 0 Å². The Hall–Kier alpha value is -4.44. The highest BCUT2D eigenvalue weighted by Crippen LogP contribution is 2.34. The molecule has 0 aliphatic heterocycles. The van der Waals surface area contributed by atoms with Gasteiger partial charge in [-0.05, 0) is 24.3 Å². The van der Waals surface area contributed by atoms with E-state index in [4.69, 9.17) is 11.6 Å². The summed E-state index contributed by atoms with van der Waals surface area (Å²) in [6.45, 7) is 0.